The van der Waals surface area contributed by atoms with E-state index in [0.29, 0.717) is 28.8 Å². The van der Waals surface area contributed by atoms with E-state index in [0.717, 1.165) is 6.54 Å². The fraction of sp³-hybridized carbons (Fsp3) is 0.312. The second-order valence-corrected chi connectivity index (χ2v) is 5.01. The molecule has 20 heavy (non-hydrogen) atoms. The van der Waals surface area contributed by atoms with Crippen LogP contribution in [0.1, 0.15) is 17.3 Å². The molecule has 2 rings (SSSR count). The molecule has 4 heteroatoms. The fourth-order valence-corrected chi connectivity index (χ4v) is 2.24. The maximum absolute atomic E-state index is 13.7. The van der Waals surface area contributed by atoms with Crippen molar-refractivity contribution in [3.05, 3.63) is 47.8 Å². The number of carbonyl (C=O) groups is 1. The lowest BCUT2D eigenvalue weighted by Gasteiger charge is -2.13. The number of rotatable bonds is 5. The second kappa shape index (κ2) is 6.48. The van der Waals surface area contributed by atoms with Gasteiger partial charge in [0.1, 0.15) is 5.82 Å². The van der Waals surface area contributed by atoms with Gasteiger partial charge in [0.05, 0.1) is 0 Å². The highest BCUT2D eigenvalue weighted by Gasteiger charge is 2.12. The predicted molar refractivity (Wildman–Crippen MR) is 79.3 cm³/mol. The number of carbonyl (C=O) groups excluding carboxylic acids is 1. The van der Waals surface area contributed by atoms with Crippen molar-refractivity contribution >= 4 is 16.7 Å². The van der Waals surface area contributed by atoms with Gasteiger partial charge in [-0.3, -0.25) is 4.79 Å². The Morgan fingerprint density at radius 1 is 1.15 bits per heavy atom. The highest BCUT2D eigenvalue weighted by Crippen LogP contribution is 2.21. The van der Waals surface area contributed by atoms with Crippen LogP contribution in [0, 0.1) is 11.7 Å². The molecule has 1 unspecified atom stereocenters. The van der Waals surface area contributed by atoms with E-state index in [2.05, 4.69) is 17.6 Å². The Hall–Kier alpha value is -1.94. The first-order valence-corrected chi connectivity index (χ1v) is 6.73. The lowest BCUT2D eigenvalue weighted by atomic mass is 10.0. The Kier molecular flexibility index (Phi) is 4.69. The number of fused-ring (bicyclic) bond motifs is 1. The lowest BCUT2D eigenvalue weighted by molar-refractivity contribution is 0.0950. The van der Waals surface area contributed by atoms with Gasteiger partial charge in [-0.05, 0) is 37.0 Å². The third kappa shape index (κ3) is 3.14. The van der Waals surface area contributed by atoms with E-state index in [1.54, 1.807) is 18.2 Å². The molecule has 0 fully saturated rings. The first-order valence-electron chi connectivity index (χ1n) is 6.73. The van der Waals surface area contributed by atoms with Crippen LogP contribution in [0.2, 0.25) is 0 Å². The highest BCUT2D eigenvalue weighted by atomic mass is 19.1. The van der Waals surface area contributed by atoms with Crippen LogP contribution in [0.4, 0.5) is 4.39 Å². The van der Waals surface area contributed by atoms with Gasteiger partial charge in [0.25, 0.3) is 5.91 Å². The predicted octanol–water partition coefficient (Wildman–Crippen LogP) is 2.56. The summed E-state index contributed by atoms with van der Waals surface area (Å²) >= 11 is 0. The third-order valence-corrected chi connectivity index (χ3v) is 3.28. The molecule has 2 aromatic rings. The van der Waals surface area contributed by atoms with Crippen LogP contribution >= 0.6 is 0 Å². The molecule has 2 aromatic carbocycles. The molecule has 3 nitrogen and oxygen atoms in total. The number of benzene rings is 2. The van der Waals surface area contributed by atoms with E-state index in [-0.39, 0.29) is 11.7 Å². The van der Waals surface area contributed by atoms with Gasteiger partial charge in [-0.1, -0.05) is 31.2 Å². The zero-order valence-electron chi connectivity index (χ0n) is 11.7. The molecule has 0 saturated heterocycles. The molecular weight excluding hydrogens is 255 g/mol. The van der Waals surface area contributed by atoms with Crippen LogP contribution in [0.3, 0.4) is 0 Å². The molecule has 2 N–H and O–H groups in total. The number of hydrogen-bond donors (Lipinski definition) is 2. The Labute approximate surface area is 118 Å². The second-order valence-electron chi connectivity index (χ2n) is 5.01. The summed E-state index contributed by atoms with van der Waals surface area (Å²) in [6, 6.07) is 9.91. The Morgan fingerprint density at radius 2 is 1.85 bits per heavy atom. The van der Waals surface area contributed by atoms with Crippen molar-refractivity contribution in [2.75, 3.05) is 20.1 Å². The van der Waals surface area contributed by atoms with Crippen LogP contribution in [-0.2, 0) is 0 Å². The summed E-state index contributed by atoms with van der Waals surface area (Å²) < 4.78 is 13.7. The summed E-state index contributed by atoms with van der Waals surface area (Å²) in [7, 11) is 1.88. The van der Waals surface area contributed by atoms with Crippen LogP contribution in [0.5, 0.6) is 0 Å². The average molecular weight is 274 g/mol. The van der Waals surface area contributed by atoms with Crippen molar-refractivity contribution in [3.63, 3.8) is 0 Å². The molecule has 1 amide bonds. The molecule has 0 bridgehead atoms. The van der Waals surface area contributed by atoms with E-state index in [1.807, 2.05) is 13.1 Å². The molecule has 0 spiro atoms. The quantitative estimate of drug-likeness (QED) is 0.880. The Morgan fingerprint density at radius 3 is 2.55 bits per heavy atom. The Balaban J connectivity index is 2.20. The van der Waals surface area contributed by atoms with E-state index in [9.17, 15) is 9.18 Å². The standard InChI is InChI=1S/C16H19FN2O/c1-11(9-18-2)10-19-16(20)14-7-8-15(17)13-6-4-3-5-12(13)14/h3-8,11,18H,9-10H2,1-2H3,(H,19,20). The minimum absolute atomic E-state index is 0.163. The van der Waals surface area contributed by atoms with Crippen molar-refractivity contribution < 1.29 is 9.18 Å². The van der Waals surface area contributed by atoms with Gasteiger partial charge in [0, 0.05) is 17.5 Å². The molecule has 0 aliphatic carbocycles. The molecule has 0 saturated carbocycles. The molecule has 0 heterocycles. The smallest absolute Gasteiger partial charge is 0.251 e. The number of halogens is 1. The summed E-state index contributed by atoms with van der Waals surface area (Å²) in [5.41, 5.74) is 0.513. The molecule has 0 radical (unpaired) electrons. The minimum Gasteiger partial charge on any atom is -0.352 e. The first-order chi connectivity index (χ1) is 9.63. The number of nitrogens with one attached hydrogen (secondary N) is 2. The summed E-state index contributed by atoms with van der Waals surface area (Å²) in [5.74, 6) is -0.125. The van der Waals surface area contributed by atoms with Crippen molar-refractivity contribution in [3.8, 4) is 0 Å². The molecular formula is C16H19FN2O. The normalized spacial score (nSPS) is 12.3. The molecule has 0 aromatic heterocycles. The molecule has 0 aliphatic heterocycles. The van der Waals surface area contributed by atoms with E-state index >= 15 is 0 Å². The van der Waals surface area contributed by atoms with Crippen LogP contribution in [0.15, 0.2) is 36.4 Å². The zero-order valence-corrected chi connectivity index (χ0v) is 11.7. The average Bonchev–Trinajstić information content (AvgIpc) is 2.46. The van der Waals surface area contributed by atoms with Crippen LogP contribution < -0.4 is 10.6 Å². The van der Waals surface area contributed by atoms with Gasteiger partial charge in [-0.25, -0.2) is 4.39 Å². The first kappa shape index (κ1) is 14.5. The van der Waals surface area contributed by atoms with Crippen LogP contribution in [-0.4, -0.2) is 26.0 Å². The largest absolute Gasteiger partial charge is 0.352 e. The summed E-state index contributed by atoms with van der Waals surface area (Å²) in [4.78, 5) is 12.2. The SMILES string of the molecule is CNCC(C)CNC(=O)c1ccc(F)c2ccccc12. The lowest BCUT2D eigenvalue weighted by Crippen LogP contribution is -2.32. The highest BCUT2D eigenvalue weighted by molar-refractivity contribution is 6.07. The monoisotopic (exact) mass is 274 g/mol. The zero-order chi connectivity index (χ0) is 14.5. The maximum atomic E-state index is 13.7. The minimum atomic E-state index is -0.305. The number of amides is 1. The Bertz CT molecular complexity index is 612. The molecule has 106 valence electrons. The van der Waals surface area contributed by atoms with Gasteiger partial charge >= 0.3 is 0 Å². The third-order valence-electron chi connectivity index (χ3n) is 3.28. The molecule has 0 aliphatic rings. The topological polar surface area (TPSA) is 41.1 Å². The van der Waals surface area contributed by atoms with Gasteiger partial charge < -0.3 is 10.6 Å². The summed E-state index contributed by atoms with van der Waals surface area (Å²) in [5, 5.41) is 7.08. The van der Waals surface area contributed by atoms with Gasteiger partial charge in [0.15, 0.2) is 0 Å². The molecule has 1 atom stereocenters. The van der Waals surface area contributed by atoms with E-state index in [1.165, 1.54) is 12.1 Å². The number of hydrogen-bond acceptors (Lipinski definition) is 2. The summed E-state index contributed by atoms with van der Waals surface area (Å²) in [6.45, 7) is 3.48. The van der Waals surface area contributed by atoms with E-state index in [4.69, 9.17) is 0 Å². The van der Waals surface area contributed by atoms with Gasteiger partial charge in [-0.15, -0.1) is 0 Å². The van der Waals surface area contributed by atoms with Gasteiger partial charge in [-0.2, -0.15) is 0 Å². The van der Waals surface area contributed by atoms with Crippen LogP contribution in [0.25, 0.3) is 10.8 Å². The summed E-state index contributed by atoms with van der Waals surface area (Å²) in [6.07, 6.45) is 0. The van der Waals surface area contributed by atoms with Crippen molar-refractivity contribution in [2.45, 2.75) is 6.92 Å². The van der Waals surface area contributed by atoms with Crippen molar-refractivity contribution in [1.29, 1.82) is 0 Å². The van der Waals surface area contributed by atoms with Crippen molar-refractivity contribution in [1.82, 2.24) is 10.6 Å². The van der Waals surface area contributed by atoms with Gasteiger partial charge in [0.2, 0.25) is 0 Å². The van der Waals surface area contributed by atoms with Crippen molar-refractivity contribution in [2.24, 2.45) is 5.92 Å². The van der Waals surface area contributed by atoms with E-state index < -0.39 is 0 Å². The fourth-order valence-electron chi connectivity index (χ4n) is 2.24. The maximum Gasteiger partial charge on any atom is 0.251 e.